The van der Waals surface area contributed by atoms with Gasteiger partial charge in [-0.3, -0.25) is 4.79 Å². The van der Waals surface area contributed by atoms with Crippen molar-refractivity contribution in [2.45, 2.75) is 19.0 Å². The molecule has 1 N–H and O–H groups in total. The first-order chi connectivity index (χ1) is 10.1. The molecule has 21 heavy (non-hydrogen) atoms. The number of carbonyl (C=O) groups excluding carboxylic acids is 1. The van der Waals surface area contributed by atoms with Crippen molar-refractivity contribution in [2.24, 2.45) is 0 Å². The maximum absolute atomic E-state index is 12.2. The molecule has 1 aromatic heterocycles. The summed E-state index contributed by atoms with van der Waals surface area (Å²) in [6.45, 7) is 3.87. The van der Waals surface area contributed by atoms with Crippen molar-refractivity contribution in [1.82, 2.24) is 9.97 Å². The Bertz CT molecular complexity index is 629. The molecular formula is C15H17N3O2S. The van der Waals surface area contributed by atoms with Crippen LogP contribution in [0, 0.1) is 6.92 Å². The standard InChI is InChI=1S/C15H17N3O2S/c1-4-21-15-16-10(2)9-13(18-15)14(19)17-11-5-7-12(20-3)8-6-11/h5-9H,4H2,1-3H3,(H,17,19). The summed E-state index contributed by atoms with van der Waals surface area (Å²) in [6, 6.07) is 8.83. The van der Waals surface area contributed by atoms with E-state index < -0.39 is 0 Å². The van der Waals surface area contributed by atoms with Crippen LogP contribution in [-0.4, -0.2) is 28.7 Å². The largest absolute Gasteiger partial charge is 0.497 e. The number of ether oxygens (including phenoxy) is 1. The van der Waals surface area contributed by atoms with Crippen molar-refractivity contribution in [2.75, 3.05) is 18.2 Å². The number of amides is 1. The number of methoxy groups -OCH3 is 1. The van der Waals surface area contributed by atoms with Crippen molar-refractivity contribution in [1.29, 1.82) is 0 Å². The van der Waals surface area contributed by atoms with Gasteiger partial charge in [-0.05, 0) is 43.0 Å². The van der Waals surface area contributed by atoms with Crippen LogP contribution >= 0.6 is 11.8 Å². The summed E-state index contributed by atoms with van der Waals surface area (Å²) in [5.41, 5.74) is 1.84. The quantitative estimate of drug-likeness (QED) is 0.679. The number of hydrogen-bond acceptors (Lipinski definition) is 5. The normalized spacial score (nSPS) is 10.2. The number of hydrogen-bond donors (Lipinski definition) is 1. The fraction of sp³-hybridized carbons (Fsp3) is 0.267. The van der Waals surface area contributed by atoms with Gasteiger partial charge in [-0.2, -0.15) is 0 Å². The molecule has 110 valence electrons. The van der Waals surface area contributed by atoms with Gasteiger partial charge in [0.1, 0.15) is 11.4 Å². The molecule has 0 spiro atoms. The number of aryl methyl sites for hydroxylation is 1. The van der Waals surface area contributed by atoms with Gasteiger partial charge in [0.15, 0.2) is 5.16 Å². The van der Waals surface area contributed by atoms with E-state index in [-0.39, 0.29) is 5.91 Å². The van der Waals surface area contributed by atoms with Crippen LogP contribution in [0.2, 0.25) is 0 Å². The van der Waals surface area contributed by atoms with Gasteiger partial charge in [0.2, 0.25) is 0 Å². The van der Waals surface area contributed by atoms with E-state index in [0.717, 1.165) is 17.2 Å². The molecule has 0 aliphatic carbocycles. The third kappa shape index (κ3) is 4.19. The third-order valence-corrected chi connectivity index (χ3v) is 3.42. The first-order valence-electron chi connectivity index (χ1n) is 6.56. The van der Waals surface area contributed by atoms with Crippen LogP contribution in [0.25, 0.3) is 0 Å². The highest BCUT2D eigenvalue weighted by Gasteiger charge is 2.11. The van der Waals surface area contributed by atoms with Crippen molar-refractivity contribution < 1.29 is 9.53 Å². The summed E-state index contributed by atoms with van der Waals surface area (Å²) in [4.78, 5) is 20.8. The number of carbonyl (C=O) groups is 1. The lowest BCUT2D eigenvalue weighted by Gasteiger charge is -2.07. The molecule has 0 unspecified atom stereocenters. The van der Waals surface area contributed by atoms with Crippen LogP contribution in [0.3, 0.4) is 0 Å². The van der Waals surface area contributed by atoms with E-state index in [1.54, 1.807) is 37.4 Å². The third-order valence-electron chi connectivity index (χ3n) is 2.69. The van der Waals surface area contributed by atoms with E-state index in [4.69, 9.17) is 4.74 Å². The minimum atomic E-state index is -0.247. The zero-order valence-electron chi connectivity index (χ0n) is 12.2. The molecule has 0 saturated carbocycles. The average molecular weight is 303 g/mol. The lowest BCUT2D eigenvalue weighted by molar-refractivity contribution is 0.102. The van der Waals surface area contributed by atoms with Crippen LogP contribution < -0.4 is 10.1 Å². The molecule has 0 bridgehead atoms. The summed E-state index contributed by atoms with van der Waals surface area (Å²) >= 11 is 1.51. The summed E-state index contributed by atoms with van der Waals surface area (Å²) in [5.74, 6) is 1.36. The van der Waals surface area contributed by atoms with Crippen LogP contribution in [0.1, 0.15) is 23.1 Å². The predicted octanol–water partition coefficient (Wildman–Crippen LogP) is 3.16. The Morgan fingerprint density at radius 2 is 2.00 bits per heavy atom. The topological polar surface area (TPSA) is 64.1 Å². The van der Waals surface area contributed by atoms with E-state index in [2.05, 4.69) is 15.3 Å². The van der Waals surface area contributed by atoms with Gasteiger partial charge in [-0.1, -0.05) is 18.7 Å². The van der Waals surface area contributed by atoms with Crippen molar-refractivity contribution in [3.8, 4) is 5.75 Å². The lowest BCUT2D eigenvalue weighted by Crippen LogP contribution is -2.15. The van der Waals surface area contributed by atoms with Crippen LogP contribution in [0.4, 0.5) is 5.69 Å². The maximum atomic E-state index is 12.2. The number of rotatable bonds is 5. The first kappa shape index (κ1) is 15.3. The maximum Gasteiger partial charge on any atom is 0.274 e. The van der Waals surface area contributed by atoms with E-state index >= 15 is 0 Å². The Hall–Kier alpha value is -2.08. The first-order valence-corrected chi connectivity index (χ1v) is 7.55. The zero-order chi connectivity index (χ0) is 15.2. The number of anilines is 1. The lowest BCUT2D eigenvalue weighted by atomic mass is 10.2. The fourth-order valence-electron chi connectivity index (χ4n) is 1.72. The molecule has 1 heterocycles. The van der Waals surface area contributed by atoms with Gasteiger partial charge >= 0.3 is 0 Å². The Kier molecular flexibility index (Phi) is 5.16. The van der Waals surface area contributed by atoms with Gasteiger partial charge in [0, 0.05) is 11.4 Å². The highest BCUT2D eigenvalue weighted by atomic mass is 32.2. The Morgan fingerprint density at radius 1 is 1.29 bits per heavy atom. The number of benzene rings is 1. The molecule has 0 saturated heterocycles. The Balaban J connectivity index is 2.15. The summed E-state index contributed by atoms with van der Waals surface area (Å²) < 4.78 is 5.08. The van der Waals surface area contributed by atoms with Gasteiger partial charge < -0.3 is 10.1 Å². The molecule has 0 aliphatic heterocycles. The number of aromatic nitrogens is 2. The highest BCUT2D eigenvalue weighted by Crippen LogP contribution is 2.17. The molecule has 6 heteroatoms. The van der Waals surface area contributed by atoms with E-state index in [0.29, 0.717) is 16.5 Å². The molecular weight excluding hydrogens is 286 g/mol. The molecule has 0 aliphatic rings. The van der Waals surface area contributed by atoms with Crippen LogP contribution in [0.5, 0.6) is 5.75 Å². The SMILES string of the molecule is CCSc1nc(C)cc(C(=O)Nc2ccc(OC)cc2)n1. The van der Waals surface area contributed by atoms with Crippen molar-refractivity contribution in [3.05, 3.63) is 41.7 Å². The van der Waals surface area contributed by atoms with E-state index in [1.807, 2.05) is 13.8 Å². The smallest absolute Gasteiger partial charge is 0.274 e. The minimum absolute atomic E-state index is 0.247. The van der Waals surface area contributed by atoms with Gasteiger partial charge in [-0.25, -0.2) is 9.97 Å². The van der Waals surface area contributed by atoms with Gasteiger partial charge in [0.05, 0.1) is 7.11 Å². The predicted molar refractivity (Wildman–Crippen MR) is 84.1 cm³/mol. The number of nitrogens with one attached hydrogen (secondary N) is 1. The Labute approximate surface area is 128 Å². The minimum Gasteiger partial charge on any atom is -0.497 e. The second kappa shape index (κ2) is 7.08. The number of thioether (sulfide) groups is 1. The Morgan fingerprint density at radius 3 is 2.62 bits per heavy atom. The monoisotopic (exact) mass is 303 g/mol. The van der Waals surface area contributed by atoms with Crippen LogP contribution in [0.15, 0.2) is 35.5 Å². The molecule has 0 atom stereocenters. The molecule has 0 fully saturated rings. The van der Waals surface area contributed by atoms with Gasteiger partial charge in [0.25, 0.3) is 5.91 Å². The summed E-state index contributed by atoms with van der Waals surface area (Å²) in [5, 5.41) is 3.43. The van der Waals surface area contributed by atoms with Crippen molar-refractivity contribution in [3.63, 3.8) is 0 Å². The summed E-state index contributed by atoms with van der Waals surface area (Å²) in [7, 11) is 1.60. The average Bonchev–Trinajstić information content (AvgIpc) is 2.48. The van der Waals surface area contributed by atoms with Crippen LogP contribution in [-0.2, 0) is 0 Å². The molecule has 5 nitrogen and oxygen atoms in total. The second-order valence-electron chi connectivity index (χ2n) is 4.29. The zero-order valence-corrected chi connectivity index (χ0v) is 13.0. The summed E-state index contributed by atoms with van der Waals surface area (Å²) in [6.07, 6.45) is 0. The van der Waals surface area contributed by atoms with E-state index in [9.17, 15) is 4.79 Å². The fourth-order valence-corrected chi connectivity index (χ4v) is 2.35. The number of nitrogens with zero attached hydrogens (tertiary/aromatic N) is 2. The van der Waals surface area contributed by atoms with Gasteiger partial charge in [-0.15, -0.1) is 0 Å². The molecule has 2 rings (SSSR count). The molecule has 2 aromatic rings. The van der Waals surface area contributed by atoms with E-state index in [1.165, 1.54) is 11.8 Å². The second-order valence-corrected chi connectivity index (χ2v) is 5.52. The van der Waals surface area contributed by atoms with Crippen molar-refractivity contribution >= 4 is 23.4 Å². The molecule has 1 aromatic carbocycles. The molecule has 1 amide bonds. The molecule has 0 radical (unpaired) electrons. The highest BCUT2D eigenvalue weighted by molar-refractivity contribution is 7.99.